The number of methoxy groups -OCH3 is 1. The van der Waals surface area contributed by atoms with Crippen molar-refractivity contribution in [2.24, 2.45) is 5.92 Å². The first kappa shape index (κ1) is 13.7. The van der Waals surface area contributed by atoms with E-state index in [1.54, 1.807) is 13.3 Å². The predicted octanol–water partition coefficient (Wildman–Crippen LogP) is 2.01. The van der Waals surface area contributed by atoms with Gasteiger partial charge in [0.1, 0.15) is 5.69 Å². The summed E-state index contributed by atoms with van der Waals surface area (Å²) in [4.78, 5) is 6.80. The highest BCUT2D eigenvalue weighted by Gasteiger charge is 2.30. The minimum Gasteiger partial charge on any atom is -0.481 e. The number of hydrogen-bond acceptors (Lipinski definition) is 5. The highest BCUT2D eigenvalue weighted by atomic mass is 16.5. The van der Waals surface area contributed by atoms with Crippen LogP contribution < -0.4 is 4.74 Å². The molecule has 1 atom stereocenters. The van der Waals surface area contributed by atoms with Gasteiger partial charge in [0.2, 0.25) is 5.88 Å². The Balaban J connectivity index is 1.55. The van der Waals surface area contributed by atoms with Crippen LogP contribution in [0.1, 0.15) is 25.3 Å². The van der Waals surface area contributed by atoms with Crippen LogP contribution in [0.25, 0.3) is 11.3 Å². The first-order valence-corrected chi connectivity index (χ1v) is 7.96. The Morgan fingerprint density at radius 1 is 1.23 bits per heavy atom. The molecule has 0 aliphatic carbocycles. The second-order valence-corrected chi connectivity index (χ2v) is 6.31. The van der Waals surface area contributed by atoms with E-state index in [1.165, 1.54) is 32.4 Å². The Morgan fingerprint density at radius 2 is 2.09 bits per heavy atom. The monoisotopic (exact) mass is 299 g/mol. The van der Waals surface area contributed by atoms with Crippen LogP contribution in [-0.4, -0.2) is 51.6 Å². The number of pyridine rings is 1. The summed E-state index contributed by atoms with van der Waals surface area (Å²) in [6.45, 7) is 3.58. The second-order valence-electron chi connectivity index (χ2n) is 6.31. The summed E-state index contributed by atoms with van der Waals surface area (Å²) >= 11 is 0. The molecule has 5 heterocycles. The third kappa shape index (κ3) is 2.59. The van der Waals surface area contributed by atoms with Crippen LogP contribution in [0.3, 0.4) is 0 Å². The summed E-state index contributed by atoms with van der Waals surface area (Å²) in [6, 6.07) is 4.27. The first-order valence-electron chi connectivity index (χ1n) is 7.96. The van der Waals surface area contributed by atoms with Crippen molar-refractivity contribution in [2.75, 3.05) is 26.7 Å². The average molecular weight is 299 g/mol. The minimum absolute atomic E-state index is 0.447. The van der Waals surface area contributed by atoms with Crippen LogP contribution in [0, 0.1) is 5.92 Å². The van der Waals surface area contributed by atoms with E-state index in [9.17, 15) is 0 Å². The molecule has 3 saturated heterocycles. The van der Waals surface area contributed by atoms with Crippen molar-refractivity contribution in [2.45, 2.75) is 25.3 Å². The van der Waals surface area contributed by atoms with Gasteiger partial charge in [-0.15, -0.1) is 5.10 Å². The van der Waals surface area contributed by atoms with Gasteiger partial charge >= 0.3 is 0 Å². The van der Waals surface area contributed by atoms with E-state index in [2.05, 4.69) is 31.1 Å². The molecule has 5 rings (SSSR count). The minimum atomic E-state index is 0.447. The summed E-state index contributed by atoms with van der Waals surface area (Å²) in [5.41, 5.74) is 1.85. The Hall–Kier alpha value is -1.95. The summed E-state index contributed by atoms with van der Waals surface area (Å²) < 4.78 is 7.14. The molecule has 0 N–H and O–H groups in total. The zero-order valence-electron chi connectivity index (χ0n) is 12.9. The molecule has 2 aromatic heterocycles. The van der Waals surface area contributed by atoms with Crippen molar-refractivity contribution in [1.82, 2.24) is 24.9 Å². The van der Waals surface area contributed by atoms with Gasteiger partial charge in [-0.2, -0.15) is 0 Å². The molecule has 3 aliphatic heterocycles. The van der Waals surface area contributed by atoms with Crippen molar-refractivity contribution in [1.29, 1.82) is 0 Å². The predicted molar refractivity (Wildman–Crippen MR) is 82.6 cm³/mol. The van der Waals surface area contributed by atoms with Gasteiger partial charge in [-0.05, 0) is 44.3 Å². The summed E-state index contributed by atoms with van der Waals surface area (Å²) in [7, 11) is 1.62. The van der Waals surface area contributed by atoms with Crippen LogP contribution in [0.15, 0.2) is 24.5 Å². The van der Waals surface area contributed by atoms with Crippen molar-refractivity contribution in [3.63, 3.8) is 0 Å². The molecule has 3 fully saturated rings. The fourth-order valence-electron chi connectivity index (χ4n) is 3.59. The van der Waals surface area contributed by atoms with Gasteiger partial charge in [-0.25, -0.2) is 9.67 Å². The maximum atomic E-state index is 5.09. The number of aromatic nitrogens is 4. The molecule has 0 spiro atoms. The Kier molecular flexibility index (Phi) is 3.54. The highest BCUT2D eigenvalue weighted by Crippen LogP contribution is 2.32. The van der Waals surface area contributed by atoms with Crippen LogP contribution in [-0.2, 0) is 0 Å². The van der Waals surface area contributed by atoms with Gasteiger partial charge in [0.05, 0.1) is 19.3 Å². The molecule has 116 valence electrons. The average Bonchev–Trinajstić information content (AvgIpc) is 2.87. The number of nitrogens with zero attached hydrogens (tertiary/aromatic N) is 5. The smallest absolute Gasteiger partial charge is 0.212 e. The Morgan fingerprint density at radius 3 is 2.82 bits per heavy atom. The lowest BCUT2D eigenvalue weighted by Crippen LogP contribution is -2.32. The third-order valence-electron chi connectivity index (χ3n) is 4.91. The quantitative estimate of drug-likeness (QED) is 0.867. The number of ether oxygens (including phenoxy) is 1. The van der Waals surface area contributed by atoms with Gasteiger partial charge < -0.3 is 9.64 Å². The zero-order valence-corrected chi connectivity index (χ0v) is 12.9. The lowest BCUT2D eigenvalue weighted by Gasteiger charge is -2.26. The SMILES string of the molecule is COc1ccc(-c2cn([C@@H]3CC4CCN(CC4)C3)nn2)cn1. The van der Waals surface area contributed by atoms with Crippen LogP contribution in [0.4, 0.5) is 0 Å². The van der Waals surface area contributed by atoms with Crippen molar-refractivity contribution in [3.05, 3.63) is 24.5 Å². The molecule has 3 aliphatic rings. The maximum absolute atomic E-state index is 5.09. The van der Waals surface area contributed by atoms with Gasteiger partial charge in [0.25, 0.3) is 0 Å². The third-order valence-corrected chi connectivity index (χ3v) is 4.91. The number of rotatable bonds is 3. The standard InChI is InChI=1S/C16H21N5O/c1-22-16-3-2-13(9-17-16)15-11-21(19-18-15)14-8-12-4-6-20(10-14)7-5-12/h2-3,9,11-12,14H,4-8,10H2,1H3/t14-/m1/s1. The van der Waals surface area contributed by atoms with Crippen LogP contribution in [0.2, 0.25) is 0 Å². The topological polar surface area (TPSA) is 56.1 Å². The first-order chi connectivity index (χ1) is 10.8. The number of fused-ring (bicyclic) bond motifs is 4. The fraction of sp³-hybridized carbons (Fsp3) is 0.562. The van der Waals surface area contributed by atoms with E-state index in [-0.39, 0.29) is 0 Å². The molecule has 0 saturated carbocycles. The Labute approximate surface area is 130 Å². The molecular weight excluding hydrogens is 278 g/mol. The Bertz CT molecular complexity index is 616. The molecule has 6 heteroatoms. The van der Waals surface area contributed by atoms with Gasteiger partial charge in [-0.3, -0.25) is 0 Å². The molecule has 6 nitrogen and oxygen atoms in total. The van der Waals surface area contributed by atoms with E-state index in [0.717, 1.165) is 23.7 Å². The number of piperidine rings is 1. The molecule has 0 aromatic carbocycles. The number of hydrogen-bond donors (Lipinski definition) is 0. The van der Waals surface area contributed by atoms with E-state index in [1.807, 2.05) is 12.1 Å². The summed E-state index contributed by atoms with van der Waals surface area (Å²) in [5.74, 6) is 1.46. The van der Waals surface area contributed by atoms with Gasteiger partial charge in [-0.1, -0.05) is 5.21 Å². The molecule has 0 amide bonds. The van der Waals surface area contributed by atoms with E-state index in [0.29, 0.717) is 11.9 Å². The fourth-order valence-corrected chi connectivity index (χ4v) is 3.59. The molecular formula is C16H21N5O. The summed E-state index contributed by atoms with van der Waals surface area (Å²) in [5, 5.41) is 8.71. The van der Waals surface area contributed by atoms with E-state index in [4.69, 9.17) is 4.74 Å². The normalized spacial score (nSPS) is 27.6. The lowest BCUT2D eigenvalue weighted by atomic mass is 9.94. The lowest BCUT2D eigenvalue weighted by molar-refractivity contribution is 0.217. The molecule has 0 unspecified atom stereocenters. The second kappa shape index (κ2) is 5.68. The zero-order chi connectivity index (χ0) is 14.9. The van der Waals surface area contributed by atoms with Crippen molar-refractivity contribution >= 4 is 0 Å². The molecule has 2 aromatic rings. The summed E-state index contributed by atoms with van der Waals surface area (Å²) in [6.07, 6.45) is 7.73. The van der Waals surface area contributed by atoms with Crippen LogP contribution in [0.5, 0.6) is 5.88 Å². The molecule has 2 bridgehead atoms. The van der Waals surface area contributed by atoms with Crippen molar-refractivity contribution in [3.8, 4) is 17.1 Å². The van der Waals surface area contributed by atoms with Crippen molar-refractivity contribution < 1.29 is 4.74 Å². The largest absolute Gasteiger partial charge is 0.481 e. The van der Waals surface area contributed by atoms with Gasteiger partial charge in [0.15, 0.2) is 0 Å². The van der Waals surface area contributed by atoms with E-state index < -0.39 is 0 Å². The van der Waals surface area contributed by atoms with Crippen LogP contribution >= 0.6 is 0 Å². The molecule has 22 heavy (non-hydrogen) atoms. The van der Waals surface area contributed by atoms with E-state index >= 15 is 0 Å². The molecule has 0 radical (unpaired) electrons. The van der Waals surface area contributed by atoms with Gasteiger partial charge in [0, 0.05) is 24.4 Å². The highest BCUT2D eigenvalue weighted by molar-refractivity contribution is 5.56. The maximum Gasteiger partial charge on any atom is 0.212 e.